The van der Waals surface area contributed by atoms with Crippen LogP contribution in [0.5, 0.6) is 0 Å². The Morgan fingerprint density at radius 3 is 1.97 bits per heavy atom. The molecule has 5 atom stereocenters. The number of quaternary nitrogens is 1. The molecule has 218 valence electrons. The lowest BCUT2D eigenvalue weighted by Crippen LogP contribution is -2.46. The largest absolute Gasteiger partial charge is 0.480 e. The van der Waals surface area contributed by atoms with Crippen LogP contribution < -0.4 is 0 Å². The minimum absolute atomic E-state index is 0.0936. The molecule has 0 aromatic heterocycles. The highest BCUT2D eigenvalue weighted by Crippen LogP contribution is 2.60. The zero-order valence-electron chi connectivity index (χ0n) is 24.3. The summed E-state index contributed by atoms with van der Waals surface area (Å²) in [6.07, 6.45) is 17.5. The highest BCUT2D eigenvalue weighted by atomic mass is 31.2. The average molecular weight is 549 g/mol. The van der Waals surface area contributed by atoms with Crippen LogP contribution in [0.1, 0.15) is 117 Å². The fourth-order valence-corrected chi connectivity index (χ4v) is 6.88. The van der Waals surface area contributed by atoms with Crippen molar-refractivity contribution in [2.75, 3.05) is 33.9 Å². The molecular formula is C28H55NO7P+. The summed E-state index contributed by atoms with van der Waals surface area (Å²) >= 11 is 0. The number of ether oxygens (including phenoxy) is 2. The number of unbranched alkanes of at least 4 members (excludes halogenated alkanes) is 13. The summed E-state index contributed by atoms with van der Waals surface area (Å²) in [5, 5.41) is 0. The topological polar surface area (TPSA) is 80.3 Å². The van der Waals surface area contributed by atoms with Crippen molar-refractivity contribution in [2.24, 2.45) is 0 Å². The molecule has 2 heterocycles. The van der Waals surface area contributed by atoms with E-state index in [1.807, 2.05) is 21.0 Å². The molecule has 0 spiro atoms. The Balaban J connectivity index is 1.53. The third-order valence-electron chi connectivity index (χ3n) is 7.61. The lowest BCUT2D eigenvalue weighted by Gasteiger charge is -2.29. The third kappa shape index (κ3) is 12.5. The normalized spacial score (nSPS) is 26.2. The van der Waals surface area contributed by atoms with E-state index in [9.17, 15) is 9.36 Å². The predicted molar refractivity (Wildman–Crippen MR) is 146 cm³/mol. The maximum Gasteiger partial charge on any atom is 0.480 e. The van der Waals surface area contributed by atoms with Crippen molar-refractivity contribution < 1.29 is 36.9 Å². The van der Waals surface area contributed by atoms with E-state index >= 15 is 0 Å². The quantitative estimate of drug-likeness (QED) is 0.0652. The lowest BCUT2D eigenvalue weighted by atomic mass is 10.0. The van der Waals surface area contributed by atoms with Crippen LogP contribution in [0, 0.1) is 0 Å². The van der Waals surface area contributed by atoms with Gasteiger partial charge in [-0.3, -0.25) is 13.8 Å². The fraction of sp³-hybridized carbons (Fsp3) is 0.964. The molecular weight excluding hydrogens is 493 g/mol. The molecule has 2 aliphatic heterocycles. The molecule has 0 aromatic carbocycles. The van der Waals surface area contributed by atoms with Crippen LogP contribution in [0.15, 0.2) is 0 Å². The van der Waals surface area contributed by atoms with Gasteiger partial charge in [0.05, 0.1) is 33.4 Å². The number of hydrogen-bond acceptors (Lipinski definition) is 7. The second-order valence-electron chi connectivity index (χ2n) is 11.5. The van der Waals surface area contributed by atoms with E-state index < -0.39 is 19.9 Å². The number of likely N-dealkylation sites (N-methyl/N-ethyl adjacent to an activating group) is 1. The molecule has 0 bridgehead atoms. The van der Waals surface area contributed by atoms with Crippen LogP contribution >= 0.6 is 7.82 Å². The summed E-state index contributed by atoms with van der Waals surface area (Å²) in [5.41, 5.74) is 0. The molecule has 2 fully saturated rings. The van der Waals surface area contributed by atoms with Crippen LogP contribution in [-0.4, -0.2) is 68.8 Å². The Morgan fingerprint density at radius 2 is 1.46 bits per heavy atom. The minimum atomic E-state index is -3.69. The van der Waals surface area contributed by atoms with E-state index in [-0.39, 0.29) is 25.0 Å². The first-order chi connectivity index (χ1) is 17.7. The second kappa shape index (κ2) is 17.2. The molecule has 0 aromatic rings. The molecule has 9 heteroatoms. The number of esters is 1. The van der Waals surface area contributed by atoms with Crippen molar-refractivity contribution in [3.63, 3.8) is 0 Å². The summed E-state index contributed by atoms with van der Waals surface area (Å²) in [7, 11) is 0.363. The van der Waals surface area contributed by atoms with Gasteiger partial charge in [0.2, 0.25) is 6.23 Å². The van der Waals surface area contributed by atoms with Crippen molar-refractivity contribution >= 4 is 13.8 Å². The number of phosphoric ester groups is 1. The summed E-state index contributed by atoms with van der Waals surface area (Å²) in [6.45, 7) is 6.87. The van der Waals surface area contributed by atoms with E-state index in [0.29, 0.717) is 11.1 Å². The Labute approximate surface area is 226 Å². The number of fused-ring (bicyclic) bond motifs is 1. The number of likely N-dealkylation sites (tertiary alicyclic amines) is 1. The van der Waals surface area contributed by atoms with E-state index in [0.717, 1.165) is 25.8 Å². The molecule has 0 N–H and O–H groups in total. The first-order valence-electron chi connectivity index (χ1n) is 14.9. The van der Waals surface area contributed by atoms with Gasteiger partial charge >= 0.3 is 13.8 Å². The van der Waals surface area contributed by atoms with Gasteiger partial charge in [-0.15, -0.1) is 0 Å². The smallest absolute Gasteiger partial charge is 0.457 e. The van der Waals surface area contributed by atoms with Gasteiger partial charge < -0.3 is 14.0 Å². The van der Waals surface area contributed by atoms with Crippen molar-refractivity contribution in [3.05, 3.63) is 0 Å². The van der Waals surface area contributed by atoms with Crippen LogP contribution in [0.4, 0.5) is 0 Å². The second-order valence-corrected chi connectivity index (χ2v) is 13.1. The summed E-state index contributed by atoms with van der Waals surface area (Å²) in [5.74, 6) is -0.429. The molecule has 2 aliphatic rings. The number of rotatable bonds is 21. The monoisotopic (exact) mass is 548 g/mol. The summed E-state index contributed by atoms with van der Waals surface area (Å²) in [6, 6.07) is 0. The Morgan fingerprint density at radius 1 is 0.919 bits per heavy atom. The SMILES string of the molecule is CCCCCCCCCCCCCCCCOC(C)C(COP1(=O)OC2CC[N+](C)(C)C2O1)OC(C)=O. The molecule has 0 saturated carbocycles. The zero-order valence-corrected chi connectivity index (χ0v) is 25.2. The number of hydrogen-bond donors (Lipinski definition) is 0. The van der Waals surface area contributed by atoms with Gasteiger partial charge in [-0.05, 0) is 13.3 Å². The van der Waals surface area contributed by atoms with Gasteiger partial charge in [-0.1, -0.05) is 90.4 Å². The predicted octanol–water partition coefficient (Wildman–Crippen LogP) is 7.15. The Bertz CT molecular complexity index is 689. The van der Waals surface area contributed by atoms with Gasteiger partial charge in [-0.2, -0.15) is 0 Å². The third-order valence-corrected chi connectivity index (χ3v) is 9.08. The Hall–Kier alpha value is -0.500. The zero-order chi connectivity index (χ0) is 27.2. The van der Waals surface area contributed by atoms with Crippen molar-refractivity contribution in [1.82, 2.24) is 0 Å². The Kier molecular flexibility index (Phi) is 15.2. The standard InChI is InChI=1S/C28H55NO7P/c1-6-7-8-9-10-11-12-13-14-15-16-17-18-19-22-32-24(2)27(34-25(3)30)23-33-37(31)35-26-20-21-29(4,5)28(26)36-37/h24,26-28H,6-23H2,1-5H3/q+1. The highest BCUT2D eigenvalue weighted by molar-refractivity contribution is 7.48. The first kappa shape index (κ1) is 32.7. The van der Waals surface area contributed by atoms with Gasteiger partial charge in [0.1, 0.15) is 0 Å². The molecule has 2 rings (SSSR count). The van der Waals surface area contributed by atoms with Crippen LogP contribution in [0.2, 0.25) is 0 Å². The van der Waals surface area contributed by atoms with Crippen LogP contribution in [0.25, 0.3) is 0 Å². The van der Waals surface area contributed by atoms with Gasteiger partial charge in [0.25, 0.3) is 0 Å². The van der Waals surface area contributed by atoms with Gasteiger partial charge in [0.15, 0.2) is 12.2 Å². The fourth-order valence-electron chi connectivity index (χ4n) is 5.18. The first-order valence-corrected chi connectivity index (χ1v) is 16.4. The molecule has 2 saturated heterocycles. The van der Waals surface area contributed by atoms with Gasteiger partial charge in [0, 0.05) is 20.0 Å². The highest BCUT2D eigenvalue weighted by Gasteiger charge is 2.57. The average Bonchev–Trinajstić information content (AvgIpc) is 3.33. The molecule has 0 aliphatic carbocycles. The van der Waals surface area contributed by atoms with Crippen molar-refractivity contribution in [1.29, 1.82) is 0 Å². The molecule has 8 nitrogen and oxygen atoms in total. The summed E-state index contributed by atoms with van der Waals surface area (Å²) < 4.78 is 41.8. The van der Waals surface area contributed by atoms with Crippen LogP contribution in [0.3, 0.4) is 0 Å². The molecule has 37 heavy (non-hydrogen) atoms. The molecule has 5 unspecified atom stereocenters. The van der Waals surface area contributed by atoms with Crippen molar-refractivity contribution in [3.8, 4) is 0 Å². The maximum absolute atomic E-state index is 13.0. The lowest BCUT2D eigenvalue weighted by molar-refractivity contribution is -0.920. The van der Waals surface area contributed by atoms with Crippen LogP contribution in [-0.2, 0) is 32.4 Å². The van der Waals surface area contributed by atoms with E-state index in [1.165, 1.54) is 84.0 Å². The number of carbonyl (C=O) groups is 1. The maximum atomic E-state index is 13.0. The number of phosphoric acid groups is 1. The van der Waals surface area contributed by atoms with Gasteiger partial charge in [-0.25, -0.2) is 9.09 Å². The van der Waals surface area contributed by atoms with E-state index in [4.69, 9.17) is 23.0 Å². The molecule has 0 amide bonds. The molecule has 0 radical (unpaired) electrons. The van der Waals surface area contributed by atoms with Crippen molar-refractivity contribution in [2.45, 2.75) is 142 Å². The minimum Gasteiger partial charge on any atom is -0.457 e. The van der Waals surface area contributed by atoms with E-state index in [1.54, 1.807) is 0 Å². The number of carbonyl (C=O) groups excluding carboxylic acids is 1. The van der Waals surface area contributed by atoms with E-state index in [2.05, 4.69) is 6.92 Å². The summed E-state index contributed by atoms with van der Waals surface area (Å²) in [4.78, 5) is 11.6. The number of nitrogens with zero attached hydrogens (tertiary/aromatic N) is 1.